The lowest BCUT2D eigenvalue weighted by atomic mass is 10.9. The molecule has 0 unspecified atom stereocenters. The summed E-state index contributed by atoms with van der Waals surface area (Å²) in [7, 11) is 0. The lowest BCUT2D eigenvalue weighted by Gasteiger charge is -1.96. The fourth-order valence-corrected chi connectivity index (χ4v) is 4.89. The van der Waals surface area contributed by atoms with Gasteiger partial charge in [-0.1, -0.05) is 35.2 Å². The molecule has 0 bridgehead atoms. The molecule has 0 aromatic carbocycles. The molecule has 0 aromatic rings. The Bertz CT molecular complexity index is 85.1. The summed E-state index contributed by atoms with van der Waals surface area (Å²) in [6.07, 6.45) is 6.40. The second-order valence-electron chi connectivity index (χ2n) is 3.53. The number of rotatable bonds is 2. The predicted octanol–water partition coefficient (Wildman–Crippen LogP) is 2.69. The monoisotopic (exact) mass is 126 g/mol. The predicted molar refractivity (Wildman–Crippen MR) is 39.7 cm³/mol. The van der Waals surface area contributed by atoms with Crippen LogP contribution in [0.15, 0.2) is 0 Å². The second-order valence-corrected chi connectivity index (χ2v) is 7.14. The molecule has 0 N–H and O–H groups in total. The highest BCUT2D eigenvalue weighted by Gasteiger charge is 2.42. The molecule has 0 aromatic heterocycles. The van der Waals surface area contributed by atoms with Crippen LogP contribution in [-0.2, 0) is 0 Å². The van der Waals surface area contributed by atoms with E-state index in [2.05, 4.69) is 5.79 Å². The summed E-state index contributed by atoms with van der Waals surface area (Å²) < 4.78 is 2.59. The van der Waals surface area contributed by atoms with Crippen molar-refractivity contribution in [3.8, 4) is 0 Å². The summed E-state index contributed by atoms with van der Waals surface area (Å²) in [5, 5.41) is 0. The molecule has 0 atom stereocenters. The normalized spacial score (nSPS) is 28.1. The molecule has 0 amide bonds. The average molecular weight is 126 g/mol. The van der Waals surface area contributed by atoms with Gasteiger partial charge in [0.05, 0.1) is 0 Å². The Balaban J connectivity index is 0.000000405. The van der Waals surface area contributed by atoms with E-state index in [1.807, 2.05) is 0 Å². The van der Waals surface area contributed by atoms with Gasteiger partial charge in [-0.15, -0.1) is 5.79 Å². The molecule has 0 heterocycles. The van der Waals surface area contributed by atoms with Crippen LogP contribution in [0.1, 0.15) is 27.1 Å². The van der Waals surface area contributed by atoms with E-state index in [1.165, 1.54) is 9.56 Å². The quantitative estimate of drug-likeness (QED) is 0.499. The van der Waals surface area contributed by atoms with Crippen molar-refractivity contribution >= 4 is 14.1 Å². The van der Waals surface area contributed by atoms with Gasteiger partial charge in [-0.25, -0.2) is 0 Å². The average Bonchev–Trinajstić information content (AvgIpc) is 2.63. The van der Waals surface area contributed by atoms with Crippen LogP contribution in [0.5, 0.6) is 0 Å². The molecule has 0 spiro atoms. The van der Waals surface area contributed by atoms with Crippen molar-refractivity contribution in [1.82, 2.24) is 0 Å². The highest BCUT2D eigenvalue weighted by atomic mass is 27.2. The smallest absolute Gasteiger partial charge is 0.105 e. The van der Waals surface area contributed by atoms with Crippen LogP contribution in [0, 0.1) is 0 Å². The van der Waals surface area contributed by atoms with Crippen molar-refractivity contribution in [2.24, 2.45) is 0 Å². The molecule has 2 fully saturated rings. The van der Waals surface area contributed by atoms with Crippen molar-refractivity contribution in [2.75, 3.05) is 0 Å². The van der Waals surface area contributed by atoms with Gasteiger partial charge < -0.3 is 0 Å². The topological polar surface area (TPSA) is 0 Å². The minimum Gasteiger partial charge on any atom is -0.105 e. The van der Waals surface area contributed by atoms with Crippen LogP contribution >= 0.6 is 0 Å². The summed E-state index contributed by atoms with van der Waals surface area (Å²) in [5.74, 6) is 2.58. The standard InChI is InChI=1S/2C3H5.CH3.Al.H2/c2*1-2-3-1;;;/h2*1H,2-3H2;1H3;;1H. The number of hydrogen-bond donors (Lipinski definition) is 0. The Labute approximate surface area is 57.2 Å². The van der Waals surface area contributed by atoms with Crippen molar-refractivity contribution in [3.05, 3.63) is 0 Å². The first-order valence-electron chi connectivity index (χ1n) is 3.88. The van der Waals surface area contributed by atoms with Crippen LogP contribution in [0.2, 0.25) is 15.3 Å². The summed E-state index contributed by atoms with van der Waals surface area (Å²) in [6.45, 7) is 0. The van der Waals surface area contributed by atoms with Crippen LogP contribution in [0.25, 0.3) is 0 Å². The van der Waals surface area contributed by atoms with E-state index >= 15 is 0 Å². The van der Waals surface area contributed by atoms with Gasteiger partial charge in [-0.05, 0) is 0 Å². The lowest BCUT2D eigenvalue weighted by molar-refractivity contribution is 1.27. The van der Waals surface area contributed by atoms with Crippen LogP contribution in [-0.4, -0.2) is 14.1 Å². The zero-order valence-corrected chi connectivity index (χ0v) is 6.72. The van der Waals surface area contributed by atoms with E-state index in [4.69, 9.17) is 0 Å². The summed E-state index contributed by atoms with van der Waals surface area (Å²) >= 11 is -0.127. The van der Waals surface area contributed by atoms with Gasteiger partial charge in [-0.3, -0.25) is 0 Å². The Morgan fingerprint density at radius 2 is 1.50 bits per heavy atom. The zero-order chi connectivity index (χ0) is 5.56. The van der Waals surface area contributed by atoms with E-state index in [1.54, 1.807) is 25.7 Å². The summed E-state index contributed by atoms with van der Waals surface area (Å²) in [5.41, 5.74) is 0. The summed E-state index contributed by atoms with van der Waals surface area (Å²) in [4.78, 5) is 0. The molecule has 0 nitrogen and oxygen atoms in total. The van der Waals surface area contributed by atoms with E-state index in [-0.39, 0.29) is 15.6 Å². The molecule has 0 radical (unpaired) electrons. The van der Waals surface area contributed by atoms with Crippen LogP contribution < -0.4 is 0 Å². The van der Waals surface area contributed by atoms with Crippen molar-refractivity contribution < 1.29 is 1.43 Å². The maximum absolute atomic E-state index is 2.58. The summed E-state index contributed by atoms with van der Waals surface area (Å²) in [6, 6.07) is 0. The first kappa shape index (κ1) is 5.33. The van der Waals surface area contributed by atoms with Crippen molar-refractivity contribution in [2.45, 2.75) is 41.0 Å². The lowest BCUT2D eigenvalue weighted by Crippen LogP contribution is -2.05. The van der Waals surface area contributed by atoms with Gasteiger partial charge in [0, 0.05) is 1.43 Å². The highest BCUT2D eigenvalue weighted by molar-refractivity contribution is 6.62. The third-order valence-corrected chi connectivity index (χ3v) is 7.04. The SMILES string of the molecule is [CH3][Al]([CH]1CC1)[CH]1CC1.[HH]. The molecule has 0 saturated heterocycles. The minimum absolute atomic E-state index is 0. The Morgan fingerprint density at radius 1 is 1.12 bits per heavy atom. The third-order valence-electron chi connectivity index (χ3n) is 2.73. The molecule has 46 valence electrons. The molecule has 2 aliphatic carbocycles. The highest BCUT2D eigenvalue weighted by Crippen LogP contribution is 2.51. The fourth-order valence-electron chi connectivity index (χ4n) is 1.63. The molecule has 8 heavy (non-hydrogen) atoms. The van der Waals surface area contributed by atoms with E-state index in [0.717, 1.165) is 0 Å². The zero-order valence-electron chi connectivity index (χ0n) is 5.56. The van der Waals surface area contributed by atoms with Crippen LogP contribution in [0.3, 0.4) is 0 Å². The molecular formula is C7H15Al. The Kier molecular flexibility index (Phi) is 1.17. The maximum atomic E-state index is 2.58. The molecule has 2 aliphatic rings. The van der Waals surface area contributed by atoms with Crippen molar-refractivity contribution in [1.29, 1.82) is 0 Å². The molecule has 2 saturated carbocycles. The van der Waals surface area contributed by atoms with E-state index in [0.29, 0.717) is 0 Å². The van der Waals surface area contributed by atoms with Crippen molar-refractivity contribution in [3.63, 3.8) is 0 Å². The van der Waals surface area contributed by atoms with Gasteiger partial charge in [0.2, 0.25) is 0 Å². The number of hydrogen-bond acceptors (Lipinski definition) is 0. The van der Waals surface area contributed by atoms with Gasteiger partial charge in [-0.2, -0.15) is 0 Å². The van der Waals surface area contributed by atoms with Gasteiger partial charge in [0.1, 0.15) is 0 Å². The molecule has 1 heteroatoms. The van der Waals surface area contributed by atoms with Gasteiger partial charge >= 0.3 is 0 Å². The first-order valence-corrected chi connectivity index (χ1v) is 6.37. The first-order chi connectivity index (χ1) is 3.88. The minimum atomic E-state index is -0.127. The molecular weight excluding hydrogens is 111 g/mol. The van der Waals surface area contributed by atoms with Crippen LogP contribution in [0.4, 0.5) is 0 Å². The second kappa shape index (κ2) is 1.76. The Morgan fingerprint density at radius 3 is 1.75 bits per heavy atom. The maximum Gasteiger partial charge on any atom is 0.265 e. The fraction of sp³-hybridized carbons (Fsp3) is 1.00. The van der Waals surface area contributed by atoms with E-state index < -0.39 is 0 Å². The largest absolute Gasteiger partial charge is 0.265 e. The molecule has 0 aliphatic heterocycles. The van der Waals surface area contributed by atoms with E-state index in [9.17, 15) is 0 Å². The molecule has 2 rings (SSSR count). The third kappa shape index (κ3) is 0.947. The van der Waals surface area contributed by atoms with Gasteiger partial charge in [0.15, 0.2) is 0 Å². The Hall–Kier alpha value is 0.532. The van der Waals surface area contributed by atoms with Gasteiger partial charge in [0.25, 0.3) is 14.1 Å².